The first-order chi connectivity index (χ1) is 10.5. The van der Waals surface area contributed by atoms with Crippen LogP contribution in [0.15, 0.2) is 21.1 Å². The third-order valence-corrected chi connectivity index (χ3v) is 3.28. The second-order valence-electron chi connectivity index (χ2n) is 4.96. The molecule has 22 heavy (non-hydrogen) atoms. The molecule has 0 spiro atoms. The molecular weight excluding hydrogens is 286 g/mol. The lowest BCUT2D eigenvalue weighted by molar-refractivity contribution is 0.158. The fourth-order valence-corrected chi connectivity index (χ4v) is 2.10. The van der Waals surface area contributed by atoms with Gasteiger partial charge in [0.2, 0.25) is 0 Å². The van der Waals surface area contributed by atoms with Crippen LogP contribution in [0.2, 0.25) is 0 Å². The Hall–Kier alpha value is -2.28. The summed E-state index contributed by atoms with van der Waals surface area (Å²) in [4.78, 5) is 12.2. The lowest BCUT2D eigenvalue weighted by Crippen LogP contribution is -2.34. The first kappa shape index (κ1) is 16.1. The van der Waals surface area contributed by atoms with Crippen LogP contribution in [0.4, 0.5) is 10.5 Å². The average molecular weight is 307 g/mol. The van der Waals surface area contributed by atoms with Crippen LogP contribution in [-0.4, -0.2) is 24.9 Å². The van der Waals surface area contributed by atoms with Gasteiger partial charge >= 0.3 is 6.03 Å². The minimum Gasteiger partial charge on any atom is -0.464 e. The number of methoxy groups -OCH3 is 1. The Morgan fingerprint density at radius 3 is 2.73 bits per heavy atom. The largest absolute Gasteiger partial charge is 0.464 e. The third kappa shape index (κ3) is 3.67. The number of hydrogen-bond donors (Lipinski definition) is 2. The highest BCUT2D eigenvalue weighted by Crippen LogP contribution is 2.20. The summed E-state index contributed by atoms with van der Waals surface area (Å²) in [5, 5.41) is 9.36. The van der Waals surface area contributed by atoms with E-state index in [0.29, 0.717) is 29.5 Å². The molecular formula is C15H21N3O4. The van der Waals surface area contributed by atoms with Gasteiger partial charge in [0, 0.05) is 13.5 Å². The first-order valence-electron chi connectivity index (χ1n) is 7.13. The van der Waals surface area contributed by atoms with Gasteiger partial charge in [-0.25, -0.2) is 4.79 Å². The number of amides is 2. The number of carbonyl (C=O) groups is 1. The van der Waals surface area contributed by atoms with E-state index in [9.17, 15) is 4.79 Å². The Labute approximate surface area is 129 Å². The zero-order valence-electron chi connectivity index (χ0n) is 13.2. The molecule has 0 aromatic carbocycles. The topological polar surface area (TPSA) is 89.5 Å². The highest BCUT2D eigenvalue weighted by Gasteiger charge is 2.20. The number of nitrogens with zero attached hydrogens (tertiary/aromatic N) is 1. The number of anilines is 1. The van der Waals surface area contributed by atoms with Crippen LogP contribution in [0.5, 0.6) is 0 Å². The number of urea groups is 1. The van der Waals surface area contributed by atoms with Gasteiger partial charge < -0.3 is 24.3 Å². The van der Waals surface area contributed by atoms with E-state index >= 15 is 0 Å². The Bertz CT molecular complexity index is 613. The molecule has 0 aliphatic heterocycles. The van der Waals surface area contributed by atoms with Crippen molar-refractivity contribution in [2.24, 2.45) is 0 Å². The molecule has 7 nitrogen and oxygen atoms in total. The number of aromatic nitrogens is 1. The van der Waals surface area contributed by atoms with Gasteiger partial charge in [-0.15, -0.1) is 0 Å². The lowest BCUT2D eigenvalue weighted by atomic mass is 10.2. The quantitative estimate of drug-likeness (QED) is 0.856. The molecule has 0 saturated heterocycles. The van der Waals surface area contributed by atoms with Crippen molar-refractivity contribution in [1.82, 2.24) is 10.5 Å². The molecule has 0 bridgehead atoms. The van der Waals surface area contributed by atoms with Gasteiger partial charge in [0.15, 0.2) is 5.76 Å². The number of aryl methyl sites for hydroxylation is 3. The lowest BCUT2D eigenvalue weighted by Gasteiger charge is -2.16. The Kier molecular flexibility index (Phi) is 5.21. The van der Waals surface area contributed by atoms with Crippen LogP contribution < -0.4 is 10.6 Å². The molecule has 7 heteroatoms. The van der Waals surface area contributed by atoms with Crippen LogP contribution >= 0.6 is 0 Å². The molecule has 2 aromatic rings. The number of hydrogen-bond acceptors (Lipinski definition) is 5. The second-order valence-corrected chi connectivity index (χ2v) is 4.96. The van der Waals surface area contributed by atoms with Gasteiger partial charge in [0.25, 0.3) is 0 Å². The van der Waals surface area contributed by atoms with Crippen molar-refractivity contribution >= 4 is 11.7 Å². The maximum absolute atomic E-state index is 12.2. The molecule has 2 rings (SSSR count). The van der Waals surface area contributed by atoms with E-state index in [4.69, 9.17) is 13.7 Å². The zero-order chi connectivity index (χ0) is 16.1. The Morgan fingerprint density at radius 1 is 1.41 bits per heavy atom. The van der Waals surface area contributed by atoms with E-state index in [2.05, 4.69) is 15.8 Å². The highest BCUT2D eigenvalue weighted by atomic mass is 16.5. The fraction of sp³-hybridized carbons (Fsp3) is 0.467. The first-order valence-corrected chi connectivity index (χ1v) is 7.13. The standard InChI is InChI=1S/C15H21N3O4/c1-5-11-6-7-13(21-11)12(8-20-4)16-15(19)17-14-9(2)18-22-10(14)3/h6-7,12H,5,8H2,1-4H3,(H2,16,17,19)/t12-/m1/s1. The van der Waals surface area contributed by atoms with Gasteiger partial charge in [-0.3, -0.25) is 0 Å². The van der Waals surface area contributed by atoms with Gasteiger partial charge in [-0.1, -0.05) is 12.1 Å². The minimum atomic E-state index is -0.370. The Balaban J connectivity index is 2.05. The summed E-state index contributed by atoms with van der Waals surface area (Å²) in [5.74, 6) is 2.08. The van der Waals surface area contributed by atoms with Gasteiger partial charge in [0.1, 0.15) is 28.9 Å². The monoisotopic (exact) mass is 307 g/mol. The van der Waals surface area contributed by atoms with Crippen molar-refractivity contribution in [3.63, 3.8) is 0 Å². The predicted molar refractivity (Wildman–Crippen MR) is 80.8 cm³/mol. The summed E-state index contributed by atoms with van der Waals surface area (Å²) in [6.45, 7) is 5.82. The van der Waals surface area contributed by atoms with Gasteiger partial charge in [-0.2, -0.15) is 0 Å². The Morgan fingerprint density at radius 2 is 2.18 bits per heavy atom. The average Bonchev–Trinajstić information content (AvgIpc) is 3.09. The number of furan rings is 1. The van der Waals surface area contributed by atoms with Crippen LogP contribution in [0.25, 0.3) is 0 Å². The number of carbonyl (C=O) groups excluding carboxylic acids is 1. The maximum atomic E-state index is 12.2. The molecule has 120 valence electrons. The summed E-state index contributed by atoms with van der Waals surface area (Å²) in [7, 11) is 1.57. The van der Waals surface area contributed by atoms with E-state index in [1.807, 2.05) is 19.1 Å². The summed E-state index contributed by atoms with van der Waals surface area (Å²) < 4.78 is 15.8. The molecule has 0 unspecified atom stereocenters. The van der Waals surface area contributed by atoms with Crippen LogP contribution in [-0.2, 0) is 11.2 Å². The highest BCUT2D eigenvalue weighted by molar-refractivity contribution is 5.90. The summed E-state index contributed by atoms with van der Waals surface area (Å²) >= 11 is 0. The number of rotatable bonds is 6. The van der Waals surface area contributed by atoms with Gasteiger partial charge in [-0.05, 0) is 26.0 Å². The summed E-state index contributed by atoms with van der Waals surface area (Å²) in [6.07, 6.45) is 0.797. The van der Waals surface area contributed by atoms with Crippen molar-refractivity contribution in [1.29, 1.82) is 0 Å². The van der Waals surface area contributed by atoms with Gasteiger partial charge in [0.05, 0.1) is 6.61 Å². The number of nitrogens with one attached hydrogen (secondary N) is 2. The van der Waals surface area contributed by atoms with E-state index in [1.165, 1.54) is 0 Å². The molecule has 0 aliphatic rings. The molecule has 0 fully saturated rings. The predicted octanol–water partition coefficient (Wildman–Crippen LogP) is 2.96. The van der Waals surface area contributed by atoms with E-state index < -0.39 is 0 Å². The van der Waals surface area contributed by atoms with Crippen molar-refractivity contribution < 1.29 is 18.5 Å². The normalized spacial score (nSPS) is 12.2. The van der Waals surface area contributed by atoms with E-state index in [1.54, 1.807) is 21.0 Å². The molecule has 2 N–H and O–H groups in total. The molecule has 0 radical (unpaired) electrons. The molecule has 2 amide bonds. The van der Waals surface area contributed by atoms with Crippen molar-refractivity contribution in [2.75, 3.05) is 19.0 Å². The van der Waals surface area contributed by atoms with E-state index in [-0.39, 0.29) is 12.1 Å². The number of ether oxygens (including phenoxy) is 1. The molecule has 2 heterocycles. The van der Waals surface area contributed by atoms with Crippen molar-refractivity contribution in [3.8, 4) is 0 Å². The minimum absolute atomic E-state index is 0.311. The molecule has 0 aliphatic carbocycles. The molecule has 1 atom stereocenters. The summed E-state index contributed by atoms with van der Waals surface area (Å²) in [6, 6.07) is 3.00. The van der Waals surface area contributed by atoms with E-state index in [0.717, 1.165) is 12.2 Å². The smallest absolute Gasteiger partial charge is 0.320 e. The third-order valence-electron chi connectivity index (χ3n) is 3.28. The SMILES string of the molecule is CCc1ccc([C@@H](COC)NC(=O)Nc2c(C)noc2C)o1. The molecule has 2 aromatic heterocycles. The van der Waals surface area contributed by atoms with Crippen LogP contribution in [0.3, 0.4) is 0 Å². The molecule has 0 saturated carbocycles. The van der Waals surface area contributed by atoms with Crippen LogP contribution in [0.1, 0.15) is 35.9 Å². The van der Waals surface area contributed by atoms with Crippen LogP contribution in [0, 0.1) is 13.8 Å². The maximum Gasteiger partial charge on any atom is 0.320 e. The second kappa shape index (κ2) is 7.13. The van der Waals surface area contributed by atoms with Crippen molar-refractivity contribution in [2.45, 2.75) is 33.2 Å². The van der Waals surface area contributed by atoms with Crippen molar-refractivity contribution in [3.05, 3.63) is 35.1 Å². The summed E-state index contributed by atoms with van der Waals surface area (Å²) in [5.41, 5.74) is 1.20. The zero-order valence-corrected chi connectivity index (χ0v) is 13.2. The fourth-order valence-electron chi connectivity index (χ4n) is 2.10.